The quantitative estimate of drug-likeness (QED) is 0.0690. The van der Waals surface area contributed by atoms with E-state index in [-0.39, 0.29) is 35.8 Å². The van der Waals surface area contributed by atoms with Crippen LogP contribution in [0.4, 0.5) is 11.8 Å². The molecule has 1 aliphatic carbocycles. The van der Waals surface area contributed by atoms with Gasteiger partial charge in [0.25, 0.3) is 13.4 Å². The molecular formula is C39H38N8O13P-. The van der Waals surface area contributed by atoms with Crippen molar-refractivity contribution in [2.24, 2.45) is 5.92 Å². The zero-order valence-electron chi connectivity index (χ0n) is 31.6. The molecule has 0 saturated carbocycles. The SMILES string of the molecule is Nc1ccn(C2CC(C(OP(=O)([O-])O)C3OC(n4cnc5c(=O)[nH]c(NC6c7c(cc8ccc9cccc%10ccc7c8c9%10)C(O)C(O)C6O)nc54)CC3O)C(CO)O2)c(=O)n1. The number of imidazole rings is 1. The Balaban J connectivity index is 0.991. The third kappa shape index (κ3) is 6.57. The Labute approximate surface area is 342 Å². The Hall–Kier alpha value is -5.42. The molecule has 4 aromatic carbocycles. The lowest BCUT2D eigenvalue weighted by atomic mass is 9.77. The van der Waals surface area contributed by atoms with Crippen LogP contribution in [-0.2, 0) is 18.6 Å². The fourth-order valence-electron chi connectivity index (χ4n) is 9.47. The fourth-order valence-corrected chi connectivity index (χ4v) is 10.0. The Bertz CT molecular complexity index is 2990. The first-order valence-corrected chi connectivity index (χ1v) is 20.8. The Morgan fingerprint density at radius 2 is 1.70 bits per heavy atom. The Kier molecular flexibility index (Phi) is 9.50. The number of nitrogen functional groups attached to an aromatic ring is 1. The molecule has 10 rings (SSSR count). The number of nitrogens with zero attached hydrogens (tertiary/aromatic N) is 5. The topological polar surface area (TPSA) is 326 Å². The first-order valence-electron chi connectivity index (χ1n) is 19.3. The number of nitrogens with two attached hydrogens (primary N) is 1. The lowest BCUT2D eigenvalue weighted by Crippen LogP contribution is -2.45. The molecule has 61 heavy (non-hydrogen) atoms. The summed E-state index contributed by atoms with van der Waals surface area (Å²) in [6, 6.07) is 15.7. The molecule has 2 saturated heterocycles. The second-order valence-corrected chi connectivity index (χ2v) is 16.8. The van der Waals surface area contributed by atoms with Crippen molar-refractivity contribution >= 4 is 63.1 Å². The molecule has 21 nitrogen and oxygen atoms in total. The molecule has 3 aliphatic rings. The van der Waals surface area contributed by atoms with E-state index in [0.29, 0.717) is 16.5 Å². The van der Waals surface area contributed by atoms with E-state index in [9.17, 15) is 49.5 Å². The summed E-state index contributed by atoms with van der Waals surface area (Å²) in [6.45, 7) is -0.671. The van der Waals surface area contributed by atoms with Crippen LogP contribution in [-0.4, -0.2) is 103 Å². The van der Waals surface area contributed by atoms with Crippen molar-refractivity contribution < 1.29 is 53.9 Å². The Morgan fingerprint density at radius 1 is 0.967 bits per heavy atom. The molecular weight excluding hydrogens is 819 g/mol. The van der Waals surface area contributed by atoms with Crippen molar-refractivity contribution in [1.29, 1.82) is 0 Å². The monoisotopic (exact) mass is 857 g/mol. The molecule has 3 aromatic heterocycles. The number of phosphoric acid groups is 1. The van der Waals surface area contributed by atoms with E-state index in [1.54, 1.807) is 6.07 Å². The van der Waals surface area contributed by atoms with Crippen molar-refractivity contribution in [3.63, 3.8) is 0 Å². The van der Waals surface area contributed by atoms with Crippen LogP contribution in [0, 0.1) is 5.92 Å². The number of hydrogen-bond acceptors (Lipinski definition) is 17. The van der Waals surface area contributed by atoms with Crippen molar-refractivity contribution in [1.82, 2.24) is 29.1 Å². The minimum Gasteiger partial charge on any atom is -0.756 e. The molecule has 0 spiro atoms. The van der Waals surface area contributed by atoms with Gasteiger partial charge in [-0.1, -0.05) is 42.5 Å². The van der Waals surface area contributed by atoms with Gasteiger partial charge in [-0.2, -0.15) is 9.97 Å². The number of phosphoric ester groups is 1. The number of aromatic amines is 1. The van der Waals surface area contributed by atoms with Gasteiger partial charge in [-0.25, -0.2) is 9.78 Å². The van der Waals surface area contributed by atoms with Crippen LogP contribution in [0.1, 0.15) is 48.6 Å². The summed E-state index contributed by atoms with van der Waals surface area (Å²) in [4.78, 5) is 63.4. The maximum absolute atomic E-state index is 13.5. The van der Waals surface area contributed by atoms with Gasteiger partial charge in [-0.3, -0.25) is 23.5 Å². The van der Waals surface area contributed by atoms with Crippen molar-refractivity contribution in [3.05, 3.63) is 99.1 Å². The first-order chi connectivity index (χ1) is 29.2. The smallest absolute Gasteiger partial charge is 0.351 e. The number of fused-ring (bicyclic) bond motifs is 3. The first kappa shape index (κ1) is 39.7. The number of rotatable bonds is 9. The minimum absolute atomic E-state index is 0.0487. The van der Waals surface area contributed by atoms with Crippen molar-refractivity contribution in [2.45, 2.75) is 74.1 Å². The highest BCUT2D eigenvalue weighted by Crippen LogP contribution is 2.48. The minimum atomic E-state index is -5.53. The molecule has 12 unspecified atom stereocenters. The average molecular weight is 858 g/mol. The summed E-state index contributed by atoms with van der Waals surface area (Å²) < 4.78 is 31.9. The molecule has 22 heteroatoms. The normalized spacial score (nSPS) is 29.4. The van der Waals surface area contributed by atoms with Gasteiger partial charge >= 0.3 is 5.69 Å². The van der Waals surface area contributed by atoms with Crippen LogP contribution < -0.4 is 27.2 Å². The van der Waals surface area contributed by atoms with E-state index in [1.165, 1.54) is 23.2 Å². The number of nitrogens with one attached hydrogen (secondary N) is 2. The lowest BCUT2D eigenvalue weighted by molar-refractivity contribution is -0.234. The van der Waals surface area contributed by atoms with Crippen LogP contribution in [0.5, 0.6) is 0 Å². The van der Waals surface area contributed by atoms with E-state index in [1.807, 2.05) is 42.5 Å². The standard InChI is InChI=1S/C39H39N8O13P/c40-23-8-9-46(39(54)42-23)24-11-19(22(13-48)58-24)34(60-61(55,56)57)35-21(49)12-25(59-35)47-14-41-30-36(47)44-38(45-37(30)53)43-29-28-18-7-6-16-3-1-2-15-4-5-17(27(18)26(15)16)10-20(28)31(50)33(52)32(29)51/h1-10,14,19,21-22,24-25,29,31-35,48-52H,11-13H2,(H2,40,42,54)(H2,55,56,57)(H2,43,44,45,53)/p-1. The Morgan fingerprint density at radius 3 is 2.44 bits per heavy atom. The number of aromatic nitrogens is 6. The van der Waals surface area contributed by atoms with E-state index in [0.717, 1.165) is 31.5 Å². The van der Waals surface area contributed by atoms with E-state index in [4.69, 9.17) is 19.7 Å². The maximum Gasteiger partial charge on any atom is 0.351 e. The number of benzene rings is 4. The molecule has 0 amide bonds. The summed E-state index contributed by atoms with van der Waals surface area (Å²) in [5.41, 5.74) is 4.80. The predicted octanol–water partition coefficient (Wildman–Crippen LogP) is 0.168. The number of aliphatic hydroxyl groups is 5. The van der Waals surface area contributed by atoms with Crippen LogP contribution in [0.15, 0.2) is 76.7 Å². The van der Waals surface area contributed by atoms with Gasteiger partial charge < -0.3 is 60.4 Å². The lowest BCUT2D eigenvalue weighted by Gasteiger charge is -2.38. The molecule has 7 aromatic rings. The van der Waals surface area contributed by atoms with Gasteiger partial charge in [0, 0.05) is 25.0 Å². The van der Waals surface area contributed by atoms with Crippen LogP contribution in [0.2, 0.25) is 0 Å². The maximum atomic E-state index is 13.5. The predicted molar refractivity (Wildman–Crippen MR) is 213 cm³/mol. The molecule has 12 atom stereocenters. The highest BCUT2D eigenvalue weighted by Gasteiger charge is 2.51. The zero-order valence-corrected chi connectivity index (χ0v) is 32.5. The summed E-state index contributed by atoms with van der Waals surface area (Å²) in [6.07, 6.45) is -10.5. The summed E-state index contributed by atoms with van der Waals surface area (Å²) in [7, 11) is -5.53. The number of anilines is 2. The molecule has 10 N–H and O–H groups in total. The van der Waals surface area contributed by atoms with Gasteiger partial charge in [-0.15, -0.1) is 0 Å². The van der Waals surface area contributed by atoms with Gasteiger partial charge in [0.05, 0.1) is 31.2 Å². The number of hydrogen-bond donors (Lipinski definition) is 9. The number of ether oxygens (including phenoxy) is 2. The third-order valence-corrected chi connectivity index (χ3v) is 12.7. The average Bonchev–Trinajstić information content (AvgIpc) is 3.96. The second-order valence-electron chi connectivity index (χ2n) is 15.7. The van der Waals surface area contributed by atoms with Gasteiger partial charge in [0.15, 0.2) is 11.2 Å². The van der Waals surface area contributed by atoms with E-state index in [2.05, 4.69) is 25.3 Å². The van der Waals surface area contributed by atoms with Crippen molar-refractivity contribution in [3.8, 4) is 0 Å². The highest BCUT2D eigenvalue weighted by atomic mass is 31.2. The third-order valence-electron chi connectivity index (χ3n) is 12.2. The molecule has 2 aliphatic heterocycles. The summed E-state index contributed by atoms with van der Waals surface area (Å²) >= 11 is 0. The summed E-state index contributed by atoms with van der Waals surface area (Å²) in [5.74, 6) is -1.28. The van der Waals surface area contributed by atoms with E-state index < -0.39 is 92.8 Å². The van der Waals surface area contributed by atoms with Crippen LogP contribution in [0.25, 0.3) is 43.5 Å². The van der Waals surface area contributed by atoms with Crippen LogP contribution >= 0.6 is 7.82 Å². The highest BCUT2D eigenvalue weighted by molar-refractivity contribution is 7.44. The van der Waals surface area contributed by atoms with Gasteiger partial charge in [0.1, 0.15) is 48.8 Å². The number of H-pyrrole nitrogens is 1. The summed E-state index contributed by atoms with van der Waals surface area (Å²) in [5, 5.41) is 64.0. The zero-order chi connectivity index (χ0) is 42.6. The van der Waals surface area contributed by atoms with Gasteiger partial charge in [0.2, 0.25) is 5.95 Å². The van der Waals surface area contributed by atoms with Crippen molar-refractivity contribution in [2.75, 3.05) is 17.7 Å². The molecule has 2 fully saturated rings. The molecule has 5 heterocycles. The van der Waals surface area contributed by atoms with Crippen LogP contribution in [0.3, 0.4) is 0 Å². The molecule has 0 radical (unpaired) electrons. The molecule has 0 bridgehead atoms. The fraction of sp³-hybridized carbons (Fsp3) is 0.359. The van der Waals surface area contributed by atoms with Gasteiger partial charge in [-0.05, 0) is 55.6 Å². The largest absolute Gasteiger partial charge is 0.756 e. The molecule has 318 valence electrons. The van der Waals surface area contributed by atoms with E-state index >= 15 is 0 Å². The number of aliphatic hydroxyl groups excluding tert-OH is 5. The second kappa shape index (κ2) is 14.6.